The Bertz CT molecular complexity index is 361. The lowest BCUT2D eigenvalue weighted by atomic mass is 10.1. The lowest BCUT2D eigenvalue weighted by Gasteiger charge is -2.07. The van der Waals surface area contributed by atoms with Crippen molar-refractivity contribution in [1.29, 1.82) is 0 Å². The van der Waals surface area contributed by atoms with Crippen LogP contribution in [0.4, 0.5) is 0 Å². The number of carbonyl (C=O) groups excluding carboxylic acids is 1. The molecule has 0 aliphatic rings. The number of aromatic hydroxyl groups is 1. The number of hydrogen-bond donors (Lipinski definition) is 2. The molecule has 0 radical (unpaired) electrons. The Morgan fingerprint density at radius 2 is 2.12 bits per heavy atom. The van der Waals surface area contributed by atoms with E-state index in [2.05, 4.69) is 12.2 Å². The third-order valence-corrected chi connectivity index (χ3v) is 2.46. The number of aryl methyl sites for hydroxylation is 1. The van der Waals surface area contributed by atoms with E-state index in [9.17, 15) is 9.90 Å². The predicted octanol–water partition coefficient (Wildman–Crippen LogP) is 2.62. The molecule has 1 amide bonds. The van der Waals surface area contributed by atoms with Gasteiger partial charge in [-0.1, -0.05) is 31.4 Å². The topological polar surface area (TPSA) is 49.3 Å². The number of phenolic OH excluding ortho intramolecular Hbond substituents is 1. The van der Waals surface area contributed by atoms with Crippen LogP contribution in [0.1, 0.15) is 42.1 Å². The highest BCUT2D eigenvalue weighted by atomic mass is 16.3. The molecular formula is C13H19NO2. The molecule has 0 saturated heterocycles. The Morgan fingerprint density at radius 3 is 2.81 bits per heavy atom. The van der Waals surface area contributed by atoms with E-state index in [4.69, 9.17) is 0 Å². The van der Waals surface area contributed by atoms with E-state index in [1.54, 1.807) is 18.2 Å². The maximum Gasteiger partial charge on any atom is 0.255 e. The number of hydrogen-bond acceptors (Lipinski definition) is 2. The van der Waals surface area contributed by atoms with E-state index in [0.717, 1.165) is 24.8 Å². The van der Waals surface area contributed by atoms with E-state index < -0.39 is 0 Å². The van der Waals surface area contributed by atoms with E-state index in [1.807, 2.05) is 6.92 Å². The molecule has 0 spiro atoms. The Morgan fingerprint density at radius 1 is 1.38 bits per heavy atom. The molecule has 0 aromatic heterocycles. The summed E-state index contributed by atoms with van der Waals surface area (Å²) in [6, 6.07) is 5.03. The van der Waals surface area contributed by atoms with Crippen LogP contribution < -0.4 is 5.32 Å². The van der Waals surface area contributed by atoms with Gasteiger partial charge in [0.05, 0.1) is 5.56 Å². The molecule has 16 heavy (non-hydrogen) atoms. The average molecular weight is 221 g/mol. The maximum absolute atomic E-state index is 11.7. The zero-order chi connectivity index (χ0) is 12.0. The van der Waals surface area contributed by atoms with Crippen LogP contribution in [0, 0.1) is 6.92 Å². The molecule has 1 aromatic rings. The van der Waals surface area contributed by atoms with E-state index in [-0.39, 0.29) is 11.7 Å². The van der Waals surface area contributed by atoms with Gasteiger partial charge in [0, 0.05) is 6.54 Å². The minimum Gasteiger partial charge on any atom is -0.507 e. The van der Waals surface area contributed by atoms with Crippen LogP contribution >= 0.6 is 0 Å². The molecule has 0 aliphatic carbocycles. The highest BCUT2D eigenvalue weighted by Gasteiger charge is 2.09. The van der Waals surface area contributed by atoms with Crippen molar-refractivity contribution in [3.05, 3.63) is 29.3 Å². The minimum atomic E-state index is -0.197. The summed E-state index contributed by atoms with van der Waals surface area (Å²) in [6.45, 7) is 4.68. The summed E-state index contributed by atoms with van der Waals surface area (Å²) < 4.78 is 0. The first-order valence-electron chi connectivity index (χ1n) is 5.73. The van der Waals surface area contributed by atoms with Crippen LogP contribution in [0.3, 0.4) is 0 Å². The standard InChI is InChI=1S/C13H19NO2/c1-3-4-5-8-14-13(16)11-9-10(2)6-7-12(11)15/h6-7,9,15H,3-5,8H2,1-2H3,(H,14,16). The predicted molar refractivity (Wildman–Crippen MR) is 64.7 cm³/mol. The molecule has 0 atom stereocenters. The second kappa shape index (κ2) is 6.16. The van der Waals surface area contributed by atoms with Crippen LogP contribution in [0.15, 0.2) is 18.2 Å². The van der Waals surface area contributed by atoms with E-state index >= 15 is 0 Å². The van der Waals surface area contributed by atoms with Gasteiger partial charge in [-0.25, -0.2) is 0 Å². The summed E-state index contributed by atoms with van der Waals surface area (Å²) in [5, 5.41) is 12.4. The molecule has 88 valence electrons. The Labute approximate surface area is 96.5 Å². The van der Waals surface area contributed by atoms with Crippen molar-refractivity contribution in [1.82, 2.24) is 5.32 Å². The summed E-state index contributed by atoms with van der Waals surface area (Å²) in [4.78, 5) is 11.7. The number of nitrogens with one attached hydrogen (secondary N) is 1. The first kappa shape index (κ1) is 12.6. The van der Waals surface area contributed by atoms with Gasteiger partial charge in [0.15, 0.2) is 0 Å². The molecule has 3 nitrogen and oxygen atoms in total. The fraction of sp³-hybridized carbons (Fsp3) is 0.462. The summed E-state index contributed by atoms with van der Waals surface area (Å²) >= 11 is 0. The number of amides is 1. The highest BCUT2D eigenvalue weighted by Crippen LogP contribution is 2.17. The molecule has 1 rings (SSSR count). The van der Waals surface area contributed by atoms with Crippen molar-refractivity contribution < 1.29 is 9.90 Å². The number of unbranched alkanes of at least 4 members (excludes halogenated alkanes) is 2. The first-order valence-corrected chi connectivity index (χ1v) is 5.73. The summed E-state index contributed by atoms with van der Waals surface area (Å²) in [5.41, 5.74) is 1.33. The van der Waals surface area contributed by atoms with Crippen molar-refractivity contribution in [2.45, 2.75) is 33.1 Å². The van der Waals surface area contributed by atoms with Gasteiger partial charge in [0.1, 0.15) is 5.75 Å². The number of rotatable bonds is 5. The Kier molecular flexibility index (Phi) is 4.83. The number of phenols is 1. The van der Waals surface area contributed by atoms with Crippen molar-refractivity contribution >= 4 is 5.91 Å². The normalized spacial score (nSPS) is 10.1. The van der Waals surface area contributed by atoms with Gasteiger partial charge in [0.25, 0.3) is 5.91 Å². The first-order chi connectivity index (χ1) is 7.65. The van der Waals surface area contributed by atoms with E-state index in [1.165, 1.54) is 0 Å². The molecule has 0 fully saturated rings. The minimum absolute atomic E-state index is 0.0404. The molecule has 0 aliphatic heterocycles. The third kappa shape index (κ3) is 3.57. The molecule has 2 N–H and O–H groups in total. The van der Waals surface area contributed by atoms with Crippen LogP contribution in [-0.2, 0) is 0 Å². The van der Waals surface area contributed by atoms with Gasteiger partial charge in [0.2, 0.25) is 0 Å². The largest absolute Gasteiger partial charge is 0.507 e. The summed E-state index contributed by atoms with van der Waals surface area (Å²) in [7, 11) is 0. The van der Waals surface area contributed by atoms with Gasteiger partial charge in [-0.3, -0.25) is 4.79 Å². The quantitative estimate of drug-likeness (QED) is 0.751. The fourth-order valence-electron chi connectivity index (χ4n) is 1.50. The molecule has 0 heterocycles. The Hall–Kier alpha value is -1.51. The van der Waals surface area contributed by atoms with Crippen LogP contribution in [0.25, 0.3) is 0 Å². The van der Waals surface area contributed by atoms with Gasteiger partial charge < -0.3 is 10.4 Å². The number of carbonyl (C=O) groups is 1. The average Bonchev–Trinajstić information content (AvgIpc) is 2.27. The van der Waals surface area contributed by atoms with Crippen LogP contribution in [-0.4, -0.2) is 17.6 Å². The van der Waals surface area contributed by atoms with Gasteiger partial charge >= 0.3 is 0 Å². The Balaban J connectivity index is 2.55. The van der Waals surface area contributed by atoms with Crippen molar-refractivity contribution in [2.75, 3.05) is 6.54 Å². The summed E-state index contributed by atoms with van der Waals surface area (Å²) in [5.74, 6) is -0.157. The zero-order valence-electron chi connectivity index (χ0n) is 9.92. The number of benzene rings is 1. The van der Waals surface area contributed by atoms with Crippen molar-refractivity contribution in [2.24, 2.45) is 0 Å². The third-order valence-electron chi connectivity index (χ3n) is 2.46. The second-order valence-electron chi connectivity index (χ2n) is 3.98. The monoisotopic (exact) mass is 221 g/mol. The molecule has 0 bridgehead atoms. The van der Waals surface area contributed by atoms with Crippen molar-refractivity contribution in [3.8, 4) is 5.75 Å². The van der Waals surface area contributed by atoms with Crippen molar-refractivity contribution in [3.63, 3.8) is 0 Å². The molecule has 0 saturated carbocycles. The summed E-state index contributed by atoms with van der Waals surface area (Å²) in [6.07, 6.45) is 3.22. The zero-order valence-corrected chi connectivity index (χ0v) is 9.92. The molecule has 3 heteroatoms. The molecule has 1 aromatic carbocycles. The van der Waals surface area contributed by atoms with Gasteiger partial charge in [-0.05, 0) is 25.5 Å². The molecule has 0 unspecified atom stereocenters. The highest BCUT2D eigenvalue weighted by molar-refractivity contribution is 5.96. The fourth-order valence-corrected chi connectivity index (χ4v) is 1.50. The lowest BCUT2D eigenvalue weighted by molar-refractivity contribution is 0.0950. The SMILES string of the molecule is CCCCCNC(=O)c1cc(C)ccc1O. The van der Waals surface area contributed by atoms with Crippen LogP contribution in [0.5, 0.6) is 5.75 Å². The van der Waals surface area contributed by atoms with Gasteiger partial charge in [-0.15, -0.1) is 0 Å². The van der Waals surface area contributed by atoms with E-state index in [0.29, 0.717) is 12.1 Å². The lowest BCUT2D eigenvalue weighted by Crippen LogP contribution is -2.24. The molecular weight excluding hydrogens is 202 g/mol. The van der Waals surface area contributed by atoms with Gasteiger partial charge in [-0.2, -0.15) is 0 Å². The second-order valence-corrected chi connectivity index (χ2v) is 3.98. The maximum atomic E-state index is 11.7. The smallest absolute Gasteiger partial charge is 0.255 e. The van der Waals surface area contributed by atoms with Crippen LogP contribution in [0.2, 0.25) is 0 Å².